The second kappa shape index (κ2) is 9.04. The first-order chi connectivity index (χ1) is 12.5. The monoisotopic (exact) mass is 349 g/mol. The zero-order valence-electron chi connectivity index (χ0n) is 14.6. The fraction of sp³-hybridized carbons (Fsp3) is 0.150. The second-order valence-electron chi connectivity index (χ2n) is 5.44. The first kappa shape index (κ1) is 18.7. The van der Waals surface area contributed by atoms with Crippen LogP contribution < -0.4 is 10.6 Å². The summed E-state index contributed by atoms with van der Waals surface area (Å²) in [6.45, 7) is 3.80. The number of carbonyl (C=O) groups excluding carboxylic acids is 2. The van der Waals surface area contributed by atoms with E-state index in [4.69, 9.17) is 10.00 Å². The van der Waals surface area contributed by atoms with Crippen molar-refractivity contribution in [2.45, 2.75) is 13.8 Å². The van der Waals surface area contributed by atoms with Gasteiger partial charge < -0.3 is 15.4 Å². The van der Waals surface area contributed by atoms with Crippen molar-refractivity contribution in [3.63, 3.8) is 0 Å². The van der Waals surface area contributed by atoms with Crippen molar-refractivity contribution in [3.8, 4) is 6.07 Å². The number of anilines is 2. The average molecular weight is 349 g/mol. The lowest BCUT2D eigenvalue weighted by molar-refractivity contribution is -0.138. The van der Waals surface area contributed by atoms with E-state index < -0.39 is 5.97 Å². The predicted octanol–water partition coefficient (Wildman–Crippen LogP) is 3.63. The fourth-order valence-electron chi connectivity index (χ4n) is 2.14. The van der Waals surface area contributed by atoms with Crippen LogP contribution in [0.15, 0.2) is 60.3 Å². The van der Waals surface area contributed by atoms with E-state index in [9.17, 15) is 9.59 Å². The van der Waals surface area contributed by atoms with Crippen LogP contribution in [-0.4, -0.2) is 18.5 Å². The summed E-state index contributed by atoms with van der Waals surface area (Å²) >= 11 is 0. The normalized spacial score (nSPS) is 10.6. The van der Waals surface area contributed by atoms with Crippen LogP contribution in [-0.2, 0) is 9.53 Å². The molecule has 6 heteroatoms. The number of ether oxygens (including phenoxy) is 1. The molecule has 0 aromatic heterocycles. The van der Waals surface area contributed by atoms with Crippen molar-refractivity contribution < 1.29 is 14.3 Å². The van der Waals surface area contributed by atoms with Gasteiger partial charge in [-0.25, -0.2) is 4.79 Å². The third-order valence-corrected chi connectivity index (χ3v) is 3.42. The molecule has 0 fully saturated rings. The molecular weight excluding hydrogens is 330 g/mol. The van der Waals surface area contributed by atoms with Crippen molar-refractivity contribution in [2.24, 2.45) is 0 Å². The van der Waals surface area contributed by atoms with E-state index in [-0.39, 0.29) is 18.1 Å². The lowest BCUT2D eigenvalue weighted by atomic mass is 10.1. The highest BCUT2D eigenvalue weighted by Crippen LogP contribution is 2.15. The third-order valence-electron chi connectivity index (χ3n) is 3.42. The second-order valence-corrected chi connectivity index (χ2v) is 5.44. The summed E-state index contributed by atoms with van der Waals surface area (Å²) in [5, 5.41) is 14.6. The Hall–Kier alpha value is -3.59. The standard InChI is InChI=1S/C20H19N3O3/c1-3-26-20(25)16(12-21)13-22-17-7-9-18(10-8-17)23-19(24)15-6-4-5-14(2)11-15/h4-11,13,22H,3H2,1-2H3,(H,23,24)/b16-13-. The molecule has 0 heterocycles. The Morgan fingerprint density at radius 1 is 1.15 bits per heavy atom. The number of esters is 1. The Kier molecular flexibility index (Phi) is 6.52. The molecule has 2 N–H and O–H groups in total. The van der Waals surface area contributed by atoms with Crippen LogP contribution in [0.25, 0.3) is 0 Å². The number of aryl methyl sites for hydroxylation is 1. The average Bonchev–Trinajstić information content (AvgIpc) is 2.64. The van der Waals surface area contributed by atoms with Gasteiger partial charge in [0.15, 0.2) is 5.57 Å². The molecule has 2 aromatic rings. The molecular formula is C20H19N3O3. The highest BCUT2D eigenvalue weighted by Gasteiger charge is 2.09. The van der Waals surface area contributed by atoms with E-state index in [2.05, 4.69) is 10.6 Å². The van der Waals surface area contributed by atoms with Gasteiger partial charge in [-0.2, -0.15) is 5.26 Å². The highest BCUT2D eigenvalue weighted by atomic mass is 16.5. The van der Waals surface area contributed by atoms with E-state index >= 15 is 0 Å². The number of nitrogens with one attached hydrogen (secondary N) is 2. The molecule has 2 aromatic carbocycles. The number of carbonyl (C=O) groups is 2. The van der Waals surface area contributed by atoms with Crippen LogP contribution in [0.1, 0.15) is 22.8 Å². The minimum Gasteiger partial charge on any atom is -0.462 e. The molecule has 0 unspecified atom stereocenters. The van der Waals surface area contributed by atoms with E-state index in [0.717, 1.165) is 5.56 Å². The molecule has 0 aliphatic carbocycles. The summed E-state index contributed by atoms with van der Waals surface area (Å²) < 4.78 is 4.78. The van der Waals surface area contributed by atoms with Crippen LogP contribution in [0.3, 0.4) is 0 Å². The summed E-state index contributed by atoms with van der Waals surface area (Å²) in [7, 11) is 0. The van der Waals surface area contributed by atoms with Gasteiger partial charge in [0.2, 0.25) is 0 Å². The topological polar surface area (TPSA) is 91.2 Å². The molecule has 2 rings (SSSR count). The number of hydrogen-bond donors (Lipinski definition) is 2. The number of benzene rings is 2. The van der Waals surface area contributed by atoms with Crippen LogP contribution in [0.4, 0.5) is 11.4 Å². The van der Waals surface area contributed by atoms with Gasteiger partial charge in [-0.05, 0) is 50.2 Å². The lowest BCUT2D eigenvalue weighted by Gasteiger charge is -2.07. The van der Waals surface area contributed by atoms with E-state index in [0.29, 0.717) is 16.9 Å². The zero-order valence-corrected chi connectivity index (χ0v) is 14.6. The molecule has 0 bridgehead atoms. The van der Waals surface area contributed by atoms with Crippen LogP contribution >= 0.6 is 0 Å². The molecule has 6 nitrogen and oxygen atoms in total. The Morgan fingerprint density at radius 2 is 1.85 bits per heavy atom. The van der Waals surface area contributed by atoms with Crippen molar-refractivity contribution in [2.75, 3.05) is 17.2 Å². The number of nitriles is 1. The Bertz CT molecular complexity index is 865. The van der Waals surface area contributed by atoms with E-state index in [1.807, 2.05) is 25.1 Å². The van der Waals surface area contributed by atoms with Crippen LogP contribution in [0.2, 0.25) is 0 Å². The smallest absolute Gasteiger partial charge is 0.350 e. The molecule has 1 amide bonds. The van der Waals surface area contributed by atoms with Crippen LogP contribution in [0, 0.1) is 18.3 Å². The summed E-state index contributed by atoms with van der Waals surface area (Å²) in [6, 6.07) is 16.0. The fourth-order valence-corrected chi connectivity index (χ4v) is 2.14. The maximum absolute atomic E-state index is 12.2. The van der Waals surface area contributed by atoms with Gasteiger partial charge in [-0.15, -0.1) is 0 Å². The molecule has 0 atom stereocenters. The van der Waals surface area contributed by atoms with E-state index in [1.165, 1.54) is 6.20 Å². The lowest BCUT2D eigenvalue weighted by Crippen LogP contribution is -2.11. The highest BCUT2D eigenvalue weighted by molar-refractivity contribution is 6.04. The first-order valence-electron chi connectivity index (χ1n) is 8.05. The van der Waals surface area contributed by atoms with Crippen molar-refractivity contribution in [1.29, 1.82) is 5.26 Å². The minimum absolute atomic E-state index is 0.122. The number of amides is 1. The molecule has 0 aliphatic heterocycles. The molecule has 0 aliphatic rings. The Balaban J connectivity index is 2.01. The summed E-state index contributed by atoms with van der Waals surface area (Å²) in [4.78, 5) is 23.7. The van der Waals surface area contributed by atoms with Crippen molar-refractivity contribution in [1.82, 2.24) is 0 Å². The molecule has 0 saturated heterocycles. The van der Waals surface area contributed by atoms with Crippen molar-refractivity contribution in [3.05, 3.63) is 71.4 Å². The van der Waals surface area contributed by atoms with Gasteiger partial charge in [-0.3, -0.25) is 4.79 Å². The predicted molar refractivity (Wildman–Crippen MR) is 99.5 cm³/mol. The molecule has 0 spiro atoms. The quantitative estimate of drug-likeness (QED) is 0.472. The van der Waals surface area contributed by atoms with Crippen molar-refractivity contribution >= 4 is 23.3 Å². The summed E-state index contributed by atoms with van der Waals surface area (Å²) in [5.41, 5.74) is 2.78. The summed E-state index contributed by atoms with van der Waals surface area (Å²) in [5.74, 6) is -0.868. The molecule has 26 heavy (non-hydrogen) atoms. The molecule has 132 valence electrons. The Morgan fingerprint density at radius 3 is 2.46 bits per heavy atom. The maximum Gasteiger partial charge on any atom is 0.350 e. The van der Waals surface area contributed by atoms with Gasteiger partial charge in [0, 0.05) is 23.1 Å². The Labute approximate surface area is 152 Å². The van der Waals surface area contributed by atoms with Gasteiger partial charge in [-0.1, -0.05) is 17.7 Å². The third kappa shape index (κ3) is 5.21. The number of rotatable bonds is 6. The number of hydrogen-bond acceptors (Lipinski definition) is 5. The zero-order chi connectivity index (χ0) is 18.9. The van der Waals surface area contributed by atoms with Gasteiger partial charge in [0.1, 0.15) is 6.07 Å². The van der Waals surface area contributed by atoms with Gasteiger partial charge in [0.25, 0.3) is 5.91 Å². The minimum atomic E-state index is -0.676. The molecule has 0 saturated carbocycles. The first-order valence-corrected chi connectivity index (χ1v) is 8.05. The largest absolute Gasteiger partial charge is 0.462 e. The van der Waals surface area contributed by atoms with Crippen LogP contribution in [0.5, 0.6) is 0 Å². The maximum atomic E-state index is 12.2. The molecule has 0 radical (unpaired) electrons. The van der Waals surface area contributed by atoms with E-state index in [1.54, 1.807) is 43.3 Å². The van der Waals surface area contributed by atoms with Gasteiger partial charge >= 0.3 is 5.97 Å². The SMILES string of the molecule is CCOC(=O)/C(C#N)=C\Nc1ccc(NC(=O)c2cccc(C)c2)cc1. The number of nitrogens with zero attached hydrogens (tertiary/aromatic N) is 1. The van der Waals surface area contributed by atoms with Gasteiger partial charge in [0.05, 0.1) is 6.61 Å². The summed E-state index contributed by atoms with van der Waals surface area (Å²) in [6.07, 6.45) is 1.29.